The highest BCUT2D eigenvalue weighted by Gasteiger charge is 2.24. The van der Waals surface area contributed by atoms with Crippen LogP contribution in [0.4, 0.5) is 11.4 Å². The zero-order chi connectivity index (χ0) is 14.7. The standard InChI is InChI=1S/C14H18N2O4/c1-9-4-2-3-5-11(9)15-12-8-10(14(17)18)6-7-13(12)16(19)20/h6-9,11,15H,2-5H2,1H3,(H,17,18). The summed E-state index contributed by atoms with van der Waals surface area (Å²) in [6.45, 7) is 2.11. The van der Waals surface area contributed by atoms with Crippen molar-refractivity contribution in [2.75, 3.05) is 5.32 Å². The molecule has 108 valence electrons. The first-order valence-electron chi connectivity index (χ1n) is 6.77. The minimum atomic E-state index is -1.08. The van der Waals surface area contributed by atoms with Crippen molar-refractivity contribution in [3.05, 3.63) is 33.9 Å². The van der Waals surface area contributed by atoms with E-state index >= 15 is 0 Å². The Labute approximate surface area is 117 Å². The van der Waals surface area contributed by atoms with Crippen molar-refractivity contribution in [3.8, 4) is 0 Å². The van der Waals surface area contributed by atoms with Gasteiger partial charge in [-0.15, -0.1) is 0 Å². The molecule has 1 aliphatic rings. The predicted octanol–water partition coefficient (Wildman–Crippen LogP) is 3.28. The lowest BCUT2D eigenvalue weighted by atomic mass is 9.86. The number of aromatic carboxylic acids is 1. The van der Waals surface area contributed by atoms with Crippen LogP contribution >= 0.6 is 0 Å². The first-order chi connectivity index (χ1) is 9.49. The second-order valence-electron chi connectivity index (χ2n) is 5.31. The summed E-state index contributed by atoms with van der Waals surface area (Å²) in [5.41, 5.74) is 0.281. The van der Waals surface area contributed by atoms with Crippen molar-refractivity contribution in [1.82, 2.24) is 0 Å². The third-order valence-corrected chi connectivity index (χ3v) is 3.89. The maximum absolute atomic E-state index is 11.0. The fourth-order valence-electron chi connectivity index (χ4n) is 2.67. The van der Waals surface area contributed by atoms with Crippen molar-refractivity contribution in [1.29, 1.82) is 0 Å². The molecule has 0 heterocycles. The molecule has 1 aromatic rings. The monoisotopic (exact) mass is 278 g/mol. The molecule has 0 bridgehead atoms. The molecule has 0 aliphatic heterocycles. The van der Waals surface area contributed by atoms with E-state index in [2.05, 4.69) is 12.2 Å². The van der Waals surface area contributed by atoms with Gasteiger partial charge in [0.1, 0.15) is 5.69 Å². The first-order valence-corrected chi connectivity index (χ1v) is 6.77. The molecular weight excluding hydrogens is 260 g/mol. The Balaban J connectivity index is 2.29. The van der Waals surface area contributed by atoms with Gasteiger partial charge in [0.2, 0.25) is 0 Å². The number of hydrogen-bond donors (Lipinski definition) is 2. The number of nitrogens with zero attached hydrogens (tertiary/aromatic N) is 1. The van der Waals surface area contributed by atoms with Crippen molar-refractivity contribution >= 4 is 17.3 Å². The topological polar surface area (TPSA) is 92.5 Å². The molecular formula is C14H18N2O4. The van der Waals surface area contributed by atoms with Crippen molar-refractivity contribution < 1.29 is 14.8 Å². The molecule has 1 aromatic carbocycles. The van der Waals surface area contributed by atoms with E-state index in [-0.39, 0.29) is 17.3 Å². The summed E-state index contributed by atoms with van der Waals surface area (Å²) in [6.07, 6.45) is 4.31. The van der Waals surface area contributed by atoms with Crippen LogP contribution in [0.3, 0.4) is 0 Å². The maximum Gasteiger partial charge on any atom is 0.335 e. The van der Waals surface area contributed by atoms with E-state index in [0.717, 1.165) is 19.3 Å². The quantitative estimate of drug-likeness (QED) is 0.651. The molecule has 1 saturated carbocycles. The molecule has 6 nitrogen and oxygen atoms in total. The highest BCUT2D eigenvalue weighted by atomic mass is 16.6. The summed E-state index contributed by atoms with van der Waals surface area (Å²) in [4.78, 5) is 21.6. The molecule has 0 saturated heterocycles. The average Bonchev–Trinajstić information content (AvgIpc) is 2.41. The smallest absolute Gasteiger partial charge is 0.335 e. The van der Waals surface area contributed by atoms with Crippen LogP contribution in [0.5, 0.6) is 0 Å². The van der Waals surface area contributed by atoms with Crippen LogP contribution < -0.4 is 5.32 Å². The lowest BCUT2D eigenvalue weighted by molar-refractivity contribution is -0.384. The SMILES string of the molecule is CC1CCCCC1Nc1cc(C(=O)O)ccc1[N+](=O)[O-]. The van der Waals surface area contributed by atoms with Gasteiger partial charge in [0.15, 0.2) is 0 Å². The number of carboxylic acids is 1. The summed E-state index contributed by atoms with van der Waals surface area (Å²) in [6, 6.07) is 4.02. The Morgan fingerprint density at radius 2 is 2.10 bits per heavy atom. The molecule has 0 radical (unpaired) electrons. The zero-order valence-electron chi connectivity index (χ0n) is 11.3. The van der Waals surface area contributed by atoms with E-state index < -0.39 is 10.9 Å². The molecule has 0 amide bonds. The van der Waals surface area contributed by atoms with Crippen molar-refractivity contribution in [2.45, 2.75) is 38.6 Å². The molecule has 2 rings (SSSR count). The highest BCUT2D eigenvalue weighted by Crippen LogP contribution is 2.31. The second kappa shape index (κ2) is 5.90. The second-order valence-corrected chi connectivity index (χ2v) is 5.31. The van der Waals surface area contributed by atoms with E-state index in [1.165, 1.54) is 24.6 Å². The van der Waals surface area contributed by atoms with Crippen molar-refractivity contribution in [2.24, 2.45) is 5.92 Å². The van der Waals surface area contributed by atoms with Gasteiger partial charge in [-0.3, -0.25) is 10.1 Å². The van der Waals surface area contributed by atoms with Crippen LogP contribution in [0.2, 0.25) is 0 Å². The van der Waals surface area contributed by atoms with E-state index in [4.69, 9.17) is 5.11 Å². The van der Waals surface area contributed by atoms with Gasteiger partial charge in [-0.1, -0.05) is 19.8 Å². The third-order valence-electron chi connectivity index (χ3n) is 3.89. The Kier molecular flexibility index (Phi) is 4.22. The molecule has 20 heavy (non-hydrogen) atoms. The van der Waals surface area contributed by atoms with Gasteiger partial charge in [0.05, 0.1) is 10.5 Å². The average molecular weight is 278 g/mol. The lowest BCUT2D eigenvalue weighted by Gasteiger charge is -2.30. The molecule has 0 aromatic heterocycles. The van der Waals surface area contributed by atoms with Gasteiger partial charge in [-0.25, -0.2) is 4.79 Å². The number of nitro groups is 1. The van der Waals surface area contributed by atoms with E-state index in [1.807, 2.05) is 0 Å². The van der Waals surface area contributed by atoms with Gasteiger partial charge in [-0.2, -0.15) is 0 Å². The van der Waals surface area contributed by atoms with E-state index in [9.17, 15) is 14.9 Å². The summed E-state index contributed by atoms with van der Waals surface area (Å²) in [5, 5.41) is 23.2. The third kappa shape index (κ3) is 3.07. The molecule has 2 N–H and O–H groups in total. The number of anilines is 1. The molecule has 2 atom stereocenters. The van der Waals surface area contributed by atoms with Crippen LogP contribution in [0, 0.1) is 16.0 Å². The van der Waals surface area contributed by atoms with E-state index in [1.54, 1.807) is 0 Å². The van der Waals surface area contributed by atoms with Gasteiger partial charge in [0.25, 0.3) is 5.69 Å². The largest absolute Gasteiger partial charge is 0.478 e. The van der Waals surface area contributed by atoms with Gasteiger partial charge < -0.3 is 10.4 Å². The summed E-state index contributed by atoms with van der Waals surface area (Å²) in [7, 11) is 0. The molecule has 1 aliphatic carbocycles. The zero-order valence-corrected chi connectivity index (χ0v) is 11.3. The number of nitro benzene ring substituents is 1. The van der Waals surface area contributed by atoms with Crippen LogP contribution in [0.1, 0.15) is 43.0 Å². The normalized spacial score (nSPS) is 22.2. The van der Waals surface area contributed by atoms with Crippen LogP contribution in [0.15, 0.2) is 18.2 Å². The fraction of sp³-hybridized carbons (Fsp3) is 0.500. The minimum Gasteiger partial charge on any atom is -0.478 e. The fourth-order valence-corrected chi connectivity index (χ4v) is 2.67. The van der Waals surface area contributed by atoms with Crippen LogP contribution in [-0.4, -0.2) is 22.0 Å². The first kappa shape index (κ1) is 14.3. The Hall–Kier alpha value is -2.11. The molecule has 2 unspecified atom stereocenters. The highest BCUT2D eigenvalue weighted by molar-refractivity contribution is 5.90. The molecule has 0 spiro atoms. The Morgan fingerprint density at radius 1 is 1.40 bits per heavy atom. The number of carbonyl (C=O) groups is 1. The van der Waals surface area contributed by atoms with Crippen molar-refractivity contribution in [3.63, 3.8) is 0 Å². The predicted molar refractivity (Wildman–Crippen MR) is 75.1 cm³/mol. The van der Waals surface area contributed by atoms with Gasteiger partial charge >= 0.3 is 5.97 Å². The summed E-state index contributed by atoms with van der Waals surface area (Å²) >= 11 is 0. The van der Waals surface area contributed by atoms with Crippen LogP contribution in [0.25, 0.3) is 0 Å². The number of hydrogen-bond acceptors (Lipinski definition) is 4. The molecule has 6 heteroatoms. The lowest BCUT2D eigenvalue weighted by Crippen LogP contribution is -2.30. The number of benzene rings is 1. The Morgan fingerprint density at radius 3 is 2.70 bits per heavy atom. The number of carboxylic acid groups (broad SMARTS) is 1. The van der Waals surface area contributed by atoms with Crippen LogP contribution in [-0.2, 0) is 0 Å². The Bertz CT molecular complexity index is 530. The number of rotatable bonds is 4. The van der Waals surface area contributed by atoms with Gasteiger partial charge in [-0.05, 0) is 30.9 Å². The summed E-state index contributed by atoms with van der Waals surface area (Å²) < 4.78 is 0. The maximum atomic E-state index is 11.0. The minimum absolute atomic E-state index is 0.0570. The molecule has 1 fully saturated rings. The van der Waals surface area contributed by atoms with E-state index in [0.29, 0.717) is 11.6 Å². The van der Waals surface area contributed by atoms with Gasteiger partial charge in [0, 0.05) is 12.1 Å². The summed E-state index contributed by atoms with van der Waals surface area (Å²) in [5.74, 6) is -0.656. The number of nitrogens with one attached hydrogen (secondary N) is 1.